The number of hydrogen-bond donors (Lipinski definition) is 4. The van der Waals surface area contributed by atoms with Crippen LogP contribution in [0.3, 0.4) is 0 Å². The first-order chi connectivity index (χ1) is 7.59. The van der Waals surface area contributed by atoms with Gasteiger partial charge in [0.1, 0.15) is 0 Å². The highest BCUT2D eigenvalue weighted by Gasteiger charge is 2.10. The SMILES string of the molecule is Nc1ccc(-c2ccc(N)c(O)c2O)cc1. The molecule has 0 radical (unpaired) electrons. The first-order valence-corrected chi connectivity index (χ1v) is 4.76. The summed E-state index contributed by atoms with van der Waals surface area (Å²) in [6.07, 6.45) is 0. The molecular formula is C12H12N2O2. The summed E-state index contributed by atoms with van der Waals surface area (Å²) < 4.78 is 0. The van der Waals surface area contributed by atoms with Crippen LogP contribution in [0.4, 0.5) is 11.4 Å². The van der Waals surface area contributed by atoms with E-state index in [-0.39, 0.29) is 17.2 Å². The minimum absolute atomic E-state index is 0.150. The van der Waals surface area contributed by atoms with Crippen LogP contribution < -0.4 is 11.5 Å². The smallest absolute Gasteiger partial charge is 0.181 e. The fraction of sp³-hybridized carbons (Fsp3) is 0. The average molecular weight is 216 g/mol. The molecule has 2 aromatic carbocycles. The van der Waals surface area contributed by atoms with Crippen molar-refractivity contribution in [2.75, 3.05) is 11.5 Å². The van der Waals surface area contributed by atoms with Crippen molar-refractivity contribution < 1.29 is 10.2 Å². The van der Waals surface area contributed by atoms with E-state index in [2.05, 4.69) is 0 Å². The largest absolute Gasteiger partial charge is 0.504 e. The third-order valence-electron chi connectivity index (χ3n) is 2.40. The third kappa shape index (κ3) is 1.61. The van der Waals surface area contributed by atoms with E-state index in [1.165, 1.54) is 0 Å². The van der Waals surface area contributed by atoms with Gasteiger partial charge >= 0.3 is 0 Å². The van der Waals surface area contributed by atoms with Crippen molar-refractivity contribution in [1.82, 2.24) is 0 Å². The number of rotatable bonds is 1. The van der Waals surface area contributed by atoms with Crippen LogP contribution >= 0.6 is 0 Å². The highest BCUT2D eigenvalue weighted by atomic mass is 16.3. The van der Waals surface area contributed by atoms with Gasteiger partial charge in [-0.25, -0.2) is 0 Å². The van der Waals surface area contributed by atoms with Gasteiger partial charge in [-0.2, -0.15) is 0 Å². The molecule has 2 aromatic rings. The molecular weight excluding hydrogens is 204 g/mol. The summed E-state index contributed by atoms with van der Waals surface area (Å²) >= 11 is 0. The Kier molecular flexibility index (Phi) is 2.32. The monoisotopic (exact) mass is 216 g/mol. The lowest BCUT2D eigenvalue weighted by molar-refractivity contribution is 0.407. The highest BCUT2D eigenvalue weighted by Crippen LogP contribution is 2.40. The van der Waals surface area contributed by atoms with Gasteiger partial charge in [0.15, 0.2) is 11.5 Å². The van der Waals surface area contributed by atoms with Gasteiger partial charge in [0, 0.05) is 11.3 Å². The Labute approximate surface area is 92.8 Å². The molecule has 0 heterocycles. The van der Waals surface area contributed by atoms with Crippen LogP contribution in [-0.2, 0) is 0 Å². The van der Waals surface area contributed by atoms with E-state index in [0.717, 1.165) is 5.56 Å². The van der Waals surface area contributed by atoms with Crippen LogP contribution in [0.2, 0.25) is 0 Å². The molecule has 4 heteroatoms. The summed E-state index contributed by atoms with van der Waals surface area (Å²) in [4.78, 5) is 0. The second-order valence-electron chi connectivity index (χ2n) is 3.52. The maximum Gasteiger partial charge on any atom is 0.181 e. The number of anilines is 2. The van der Waals surface area contributed by atoms with Gasteiger partial charge in [0.2, 0.25) is 0 Å². The van der Waals surface area contributed by atoms with Crippen molar-refractivity contribution in [3.63, 3.8) is 0 Å². The Hall–Kier alpha value is -2.36. The second-order valence-corrected chi connectivity index (χ2v) is 3.52. The first-order valence-electron chi connectivity index (χ1n) is 4.76. The zero-order chi connectivity index (χ0) is 11.7. The van der Waals surface area contributed by atoms with E-state index in [0.29, 0.717) is 11.3 Å². The van der Waals surface area contributed by atoms with Gasteiger partial charge in [-0.1, -0.05) is 12.1 Å². The number of hydrogen-bond acceptors (Lipinski definition) is 4. The molecule has 0 aliphatic rings. The van der Waals surface area contributed by atoms with Crippen LogP contribution in [-0.4, -0.2) is 10.2 Å². The molecule has 0 fully saturated rings. The normalized spacial score (nSPS) is 10.2. The zero-order valence-corrected chi connectivity index (χ0v) is 8.51. The van der Waals surface area contributed by atoms with Crippen molar-refractivity contribution in [2.45, 2.75) is 0 Å². The van der Waals surface area contributed by atoms with E-state index in [4.69, 9.17) is 11.5 Å². The van der Waals surface area contributed by atoms with E-state index < -0.39 is 0 Å². The van der Waals surface area contributed by atoms with Gasteiger partial charge in [0.25, 0.3) is 0 Å². The van der Waals surface area contributed by atoms with Gasteiger partial charge in [-0.05, 0) is 29.8 Å². The maximum atomic E-state index is 9.74. The number of phenols is 2. The van der Waals surface area contributed by atoms with Gasteiger partial charge in [-0.3, -0.25) is 0 Å². The molecule has 0 aliphatic carbocycles. The van der Waals surface area contributed by atoms with Crippen molar-refractivity contribution in [2.24, 2.45) is 0 Å². The third-order valence-corrected chi connectivity index (χ3v) is 2.40. The number of benzene rings is 2. The van der Waals surface area contributed by atoms with E-state index in [1.54, 1.807) is 36.4 Å². The number of phenolic OH excluding ortho intramolecular Hbond substituents is 2. The summed E-state index contributed by atoms with van der Waals surface area (Å²) in [5.41, 5.74) is 13.1. The summed E-state index contributed by atoms with van der Waals surface area (Å²) in [5.74, 6) is -0.515. The van der Waals surface area contributed by atoms with Crippen molar-refractivity contribution in [3.05, 3.63) is 36.4 Å². The number of nitrogen functional groups attached to an aromatic ring is 2. The van der Waals surface area contributed by atoms with Crippen molar-refractivity contribution in [1.29, 1.82) is 0 Å². The lowest BCUT2D eigenvalue weighted by Gasteiger charge is -2.08. The lowest BCUT2D eigenvalue weighted by atomic mass is 10.0. The lowest BCUT2D eigenvalue weighted by Crippen LogP contribution is -1.88. The molecule has 82 valence electrons. The van der Waals surface area contributed by atoms with E-state index >= 15 is 0 Å². The maximum absolute atomic E-state index is 9.74. The molecule has 0 saturated carbocycles. The number of aromatic hydroxyl groups is 2. The van der Waals surface area contributed by atoms with Gasteiger partial charge in [-0.15, -0.1) is 0 Å². The van der Waals surface area contributed by atoms with Crippen molar-refractivity contribution in [3.8, 4) is 22.6 Å². The van der Waals surface area contributed by atoms with Crippen molar-refractivity contribution >= 4 is 11.4 Å². The molecule has 0 unspecified atom stereocenters. The Morgan fingerprint density at radius 2 is 1.38 bits per heavy atom. The van der Waals surface area contributed by atoms with E-state index in [1.807, 2.05) is 0 Å². The highest BCUT2D eigenvalue weighted by molar-refractivity contribution is 5.78. The summed E-state index contributed by atoms with van der Waals surface area (Å²) in [7, 11) is 0. The Bertz CT molecular complexity index is 521. The number of nitrogens with two attached hydrogens (primary N) is 2. The minimum Gasteiger partial charge on any atom is -0.504 e. The summed E-state index contributed by atoms with van der Waals surface area (Å²) in [6, 6.07) is 10.2. The Morgan fingerprint density at radius 3 is 2.00 bits per heavy atom. The van der Waals surface area contributed by atoms with Crippen LogP contribution in [0.25, 0.3) is 11.1 Å². The fourth-order valence-corrected chi connectivity index (χ4v) is 1.49. The molecule has 4 nitrogen and oxygen atoms in total. The fourth-order valence-electron chi connectivity index (χ4n) is 1.49. The molecule has 6 N–H and O–H groups in total. The standard InChI is InChI=1S/C12H12N2O2/c13-8-3-1-7(2-4-8)9-5-6-10(14)12(16)11(9)15/h1-6,15-16H,13-14H2. The summed E-state index contributed by atoms with van der Waals surface area (Å²) in [6.45, 7) is 0. The van der Waals surface area contributed by atoms with Crippen LogP contribution in [0.1, 0.15) is 0 Å². The zero-order valence-electron chi connectivity index (χ0n) is 8.51. The van der Waals surface area contributed by atoms with Crippen LogP contribution in [0.15, 0.2) is 36.4 Å². The van der Waals surface area contributed by atoms with E-state index in [9.17, 15) is 10.2 Å². The summed E-state index contributed by atoms with van der Waals surface area (Å²) in [5, 5.41) is 19.2. The topological polar surface area (TPSA) is 92.5 Å². The average Bonchev–Trinajstić information content (AvgIpc) is 2.28. The second kappa shape index (κ2) is 3.66. The Balaban J connectivity index is 2.57. The molecule has 0 atom stereocenters. The molecule has 0 spiro atoms. The van der Waals surface area contributed by atoms with Gasteiger partial charge < -0.3 is 21.7 Å². The molecule has 0 amide bonds. The molecule has 16 heavy (non-hydrogen) atoms. The minimum atomic E-state index is -0.297. The van der Waals surface area contributed by atoms with Gasteiger partial charge in [0.05, 0.1) is 5.69 Å². The molecule has 0 aliphatic heterocycles. The quantitative estimate of drug-likeness (QED) is 0.433. The molecule has 0 saturated heterocycles. The Morgan fingerprint density at radius 1 is 0.750 bits per heavy atom. The predicted molar refractivity (Wildman–Crippen MR) is 64.0 cm³/mol. The van der Waals surface area contributed by atoms with Crippen LogP contribution in [0, 0.1) is 0 Å². The molecule has 0 bridgehead atoms. The van der Waals surface area contributed by atoms with Crippen LogP contribution in [0.5, 0.6) is 11.5 Å². The predicted octanol–water partition coefficient (Wildman–Crippen LogP) is 1.93. The first kappa shape index (κ1) is 10.2. The molecule has 2 rings (SSSR count). The molecule has 0 aromatic heterocycles.